The van der Waals surface area contributed by atoms with Crippen molar-refractivity contribution in [1.82, 2.24) is 4.98 Å². The fourth-order valence-electron chi connectivity index (χ4n) is 1.78. The zero-order valence-corrected chi connectivity index (χ0v) is 10.6. The van der Waals surface area contributed by atoms with Crippen LogP contribution >= 0.6 is 0 Å². The van der Waals surface area contributed by atoms with Gasteiger partial charge in [-0.3, -0.25) is 4.98 Å². The third-order valence-electron chi connectivity index (χ3n) is 2.68. The Morgan fingerprint density at radius 3 is 2.78 bits per heavy atom. The lowest BCUT2D eigenvalue weighted by Crippen LogP contribution is -2.08. The topological polar surface area (TPSA) is 60.2 Å². The highest BCUT2D eigenvalue weighted by molar-refractivity contribution is 5.59. The van der Waals surface area contributed by atoms with E-state index in [0.29, 0.717) is 5.69 Å². The molecule has 1 aromatic heterocycles. The zero-order valence-electron chi connectivity index (χ0n) is 10.6. The minimum Gasteiger partial charge on any atom is -0.497 e. The van der Waals surface area contributed by atoms with Gasteiger partial charge in [-0.1, -0.05) is 6.07 Å². The van der Waals surface area contributed by atoms with Crippen molar-refractivity contribution in [3.8, 4) is 5.75 Å². The summed E-state index contributed by atoms with van der Waals surface area (Å²) < 4.78 is 5.19. The standard InChI is InChI=1S/C14H17N3O/c1-10(14-5-3-4-6-16-14)17-12-7-11(15)8-13(9-12)18-2/h3-10,17H,15H2,1-2H3. The number of methoxy groups -OCH3 is 1. The van der Waals surface area contributed by atoms with E-state index < -0.39 is 0 Å². The van der Waals surface area contributed by atoms with Crippen LogP contribution in [0, 0.1) is 0 Å². The molecule has 0 saturated heterocycles. The molecule has 0 amide bonds. The van der Waals surface area contributed by atoms with Gasteiger partial charge in [0.1, 0.15) is 5.75 Å². The Hall–Kier alpha value is -2.23. The first-order valence-electron chi connectivity index (χ1n) is 5.81. The van der Waals surface area contributed by atoms with Gasteiger partial charge < -0.3 is 15.8 Å². The minimum absolute atomic E-state index is 0.109. The molecular formula is C14H17N3O. The number of nitrogens with zero attached hydrogens (tertiary/aromatic N) is 1. The van der Waals surface area contributed by atoms with Gasteiger partial charge in [0.2, 0.25) is 0 Å². The van der Waals surface area contributed by atoms with Crippen LogP contribution in [-0.2, 0) is 0 Å². The molecule has 0 aliphatic heterocycles. The van der Waals surface area contributed by atoms with Gasteiger partial charge >= 0.3 is 0 Å². The van der Waals surface area contributed by atoms with E-state index >= 15 is 0 Å². The van der Waals surface area contributed by atoms with Crippen molar-refractivity contribution < 1.29 is 4.74 Å². The Bertz CT molecular complexity index is 514. The second-order valence-corrected chi connectivity index (χ2v) is 4.12. The summed E-state index contributed by atoms with van der Waals surface area (Å²) in [5.41, 5.74) is 8.39. The molecule has 1 aromatic carbocycles. The first-order valence-corrected chi connectivity index (χ1v) is 5.81. The maximum absolute atomic E-state index is 5.81. The van der Waals surface area contributed by atoms with Crippen molar-refractivity contribution >= 4 is 11.4 Å². The molecule has 0 bridgehead atoms. The zero-order chi connectivity index (χ0) is 13.0. The van der Waals surface area contributed by atoms with Gasteiger partial charge in [0.15, 0.2) is 0 Å². The first kappa shape index (κ1) is 12.2. The monoisotopic (exact) mass is 243 g/mol. The number of hydrogen-bond donors (Lipinski definition) is 2. The fourth-order valence-corrected chi connectivity index (χ4v) is 1.78. The molecule has 4 nitrogen and oxygen atoms in total. The predicted molar refractivity (Wildman–Crippen MR) is 73.7 cm³/mol. The average Bonchev–Trinajstić information content (AvgIpc) is 2.39. The quantitative estimate of drug-likeness (QED) is 0.811. The molecule has 0 aliphatic carbocycles. The van der Waals surface area contributed by atoms with E-state index in [1.165, 1.54) is 0 Å². The van der Waals surface area contributed by atoms with Crippen LogP contribution in [0.15, 0.2) is 42.6 Å². The highest BCUT2D eigenvalue weighted by Gasteiger charge is 2.07. The Kier molecular flexibility index (Phi) is 3.67. The van der Waals surface area contributed by atoms with E-state index in [0.717, 1.165) is 17.1 Å². The van der Waals surface area contributed by atoms with Gasteiger partial charge in [-0.15, -0.1) is 0 Å². The average molecular weight is 243 g/mol. The number of aromatic nitrogens is 1. The Balaban J connectivity index is 2.16. The molecular weight excluding hydrogens is 226 g/mol. The predicted octanol–water partition coefficient (Wildman–Crippen LogP) is 2.85. The SMILES string of the molecule is COc1cc(N)cc(NC(C)c2ccccn2)c1. The number of anilines is 2. The lowest BCUT2D eigenvalue weighted by Gasteiger charge is -2.15. The summed E-state index contributed by atoms with van der Waals surface area (Å²) in [6.07, 6.45) is 1.79. The summed E-state index contributed by atoms with van der Waals surface area (Å²) in [6, 6.07) is 11.5. The number of hydrogen-bond acceptors (Lipinski definition) is 4. The normalized spacial score (nSPS) is 11.9. The molecule has 4 heteroatoms. The largest absolute Gasteiger partial charge is 0.497 e. The van der Waals surface area contributed by atoms with Gasteiger partial charge in [0.25, 0.3) is 0 Å². The second-order valence-electron chi connectivity index (χ2n) is 4.12. The molecule has 0 fully saturated rings. The summed E-state index contributed by atoms with van der Waals surface area (Å²) in [5, 5.41) is 3.35. The van der Waals surface area contributed by atoms with E-state index in [-0.39, 0.29) is 6.04 Å². The van der Waals surface area contributed by atoms with Gasteiger partial charge in [-0.2, -0.15) is 0 Å². The van der Waals surface area contributed by atoms with Crippen LogP contribution in [-0.4, -0.2) is 12.1 Å². The fraction of sp³-hybridized carbons (Fsp3) is 0.214. The molecule has 1 heterocycles. The van der Waals surface area contributed by atoms with Crippen LogP contribution in [0.4, 0.5) is 11.4 Å². The Labute approximate surface area is 107 Å². The van der Waals surface area contributed by atoms with Crippen LogP contribution in [0.2, 0.25) is 0 Å². The first-order chi connectivity index (χ1) is 8.69. The van der Waals surface area contributed by atoms with E-state index in [1.807, 2.05) is 30.3 Å². The summed E-state index contributed by atoms with van der Waals surface area (Å²) in [5.74, 6) is 0.741. The van der Waals surface area contributed by atoms with E-state index in [2.05, 4.69) is 17.2 Å². The number of nitrogens with two attached hydrogens (primary N) is 1. The molecule has 0 radical (unpaired) electrons. The van der Waals surface area contributed by atoms with Crippen LogP contribution in [0.1, 0.15) is 18.7 Å². The van der Waals surface area contributed by atoms with E-state index in [1.54, 1.807) is 19.4 Å². The van der Waals surface area contributed by atoms with Crippen molar-refractivity contribution in [1.29, 1.82) is 0 Å². The molecule has 0 aliphatic rings. The molecule has 18 heavy (non-hydrogen) atoms. The summed E-state index contributed by atoms with van der Waals surface area (Å²) >= 11 is 0. The van der Waals surface area contributed by atoms with Gasteiger partial charge in [-0.05, 0) is 25.1 Å². The number of nitrogens with one attached hydrogen (secondary N) is 1. The highest BCUT2D eigenvalue weighted by atomic mass is 16.5. The molecule has 2 aromatic rings. The molecule has 1 atom stereocenters. The van der Waals surface area contributed by atoms with Crippen molar-refractivity contribution in [2.24, 2.45) is 0 Å². The molecule has 1 unspecified atom stereocenters. The minimum atomic E-state index is 0.109. The second kappa shape index (κ2) is 5.40. The summed E-state index contributed by atoms with van der Waals surface area (Å²) in [7, 11) is 1.63. The maximum Gasteiger partial charge on any atom is 0.122 e. The van der Waals surface area contributed by atoms with Crippen LogP contribution in [0.3, 0.4) is 0 Å². The van der Waals surface area contributed by atoms with Crippen molar-refractivity contribution in [3.63, 3.8) is 0 Å². The van der Waals surface area contributed by atoms with Crippen molar-refractivity contribution in [3.05, 3.63) is 48.3 Å². The van der Waals surface area contributed by atoms with Gasteiger partial charge in [-0.25, -0.2) is 0 Å². The number of nitrogen functional groups attached to an aromatic ring is 1. The third kappa shape index (κ3) is 2.91. The summed E-state index contributed by atoms with van der Waals surface area (Å²) in [6.45, 7) is 2.05. The maximum atomic E-state index is 5.81. The molecule has 3 N–H and O–H groups in total. The van der Waals surface area contributed by atoms with Crippen LogP contribution in [0.25, 0.3) is 0 Å². The molecule has 2 rings (SSSR count). The third-order valence-corrected chi connectivity index (χ3v) is 2.68. The van der Waals surface area contributed by atoms with Crippen molar-refractivity contribution in [2.75, 3.05) is 18.2 Å². The summed E-state index contributed by atoms with van der Waals surface area (Å²) in [4.78, 5) is 4.31. The Morgan fingerprint density at radius 2 is 2.11 bits per heavy atom. The highest BCUT2D eigenvalue weighted by Crippen LogP contribution is 2.25. The molecule has 0 spiro atoms. The van der Waals surface area contributed by atoms with E-state index in [4.69, 9.17) is 10.5 Å². The number of rotatable bonds is 4. The van der Waals surface area contributed by atoms with Crippen LogP contribution in [0.5, 0.6) is 5.75 Å². The number of benzene rings is 1. The number of ether oxygens (including phenoxy) is 1. The Morgan fingerprint density at radius 1 is 1.28 bits per heavy atom. The van der Waals surface area contributed by atoms with Gasteiger partial charge in [0, 0.05) is 29.7 Å². The lowest BCUT2D eigenvalue weighted by molar-refractivity contribution is 0.415. The smallest absolute Gasteiger partial charge is 0.122 e. The van der Waals surface area contributed by atoms with Gasteiger partial charge in [0.05, 0.1) is 18.8 Å². The van der Waals surface area contributed by atoms with E-state index in [9.17, 15) is 0 Å². The molecule has 0 saturated carbocycles. The lowest BCUT2D eigenvalue weighted by atomic mass is 10.2. The molecule has 94 valence electrons. The number of pyridine rings is 1. The van der Waals surface area contributed by atoms with Crippen molar-refractivity contribution in [2.45, 2.75) is 13.0 Å². The van der Waals surface area contributed by atoms with Crippen LogP contribution < -0.4 is 15.8 Å².